The fourth-order valence-electron chi connectivity index (χ4n) is 2.12. The molecule has 106 valence electrons. The quantitative estimate of drug-likeness (QED) is 0.885. The van der Waals surface area contributed by atoms with Gasteiger partial charge >= 0.3 is 0 Å². The normalized spacial score (nSPS) is 19.4. The highest BCUT2D eigenvalue weighted by Gasteiger charge is 2.21. The Hall–Kier alpha value is -1.20. The molecule has 1 unspecified atom stereocenters. The molecule has 5 heteroatoms. The molecular formula is C14H23N3O2. The summed E-state index contributed by atoms with van der Waals surface area (Å²) in [5.74, 6) is 1.67. The molecule has 1 aliphatic rings. The molecule has 1 fully saturated rings. The van der Waals surface area contributed by atoms with E-state index in [-0.39, 0.29) is 6.10 Å². The van der Waals surface area contributed by atoms with E-state index in [9.17, 15) is 0 Å². The lowest BCUT2D eigenvalue weighted by Crippen LogP contribution is -2.24. The Balaban J connectivity index is 2.26. The number of aryl methyl sites for hydroxylation is 1. The molecule has 1 atom stereocenters. The predicted molar refractivity (Wildman–Crippen MR) is 74.4 cm³/mol. The molecule has 1 saturated heterocycles. The average Bonchev–Trinajstić information content (AvgIpc) is 2.47. The van der Waals surface area contributed by atoms with E-state index in [1.54, 1.807) is 0 Å². The second-order valence-corrected chi connectivity index (χ2v) is 4.72. The Morgan fingerprint density at radius 1 is 1.26 bits per heavy atom. The topological polar surface area (TPSA) is 56.3 Å². The van der Waals surface area contributed by atoms with Gasteiger partial charge in [0.05, 0.1) is 19.8 Å². The van der Waals surface area contributed by atoms with Gasteiger partial charge in [-0.3, -0.25) is 0 Å². The van der Waals surface area contributed by atoms with E-state index in [0.29, 0.717) is 19.8 Å². The van der Waals surface area contributed by atoms with Crippen LogP contribution < -0.4 is 5.32 Å². The summed E-state index contributed by atoms with van der Waals surface area (Å²) in [6.07, 6.45) is 1.83. The largest absolute Gasteiger partial charge is 0.376 e. The van der Waals surface area contributed by atoms with Gasteiger partial charge in [-0.05, 0) is 19.8 Å². The summed E-state index contributed by atoms with van der Waals surface area (Å²) in [5, 5.41) is 3.37. The number of hydrogen-bond donors (Lipinski definition) is 1. The second-order valence-electron chi connectivity index (χ2n) is 4.72. The van der Waals surface area contributed by atoms with Crippen molar-refractivity contribution < 1.29 is 9.47 Å². The zero-order valence-electron chi connectivity index (χ0n) is 12.0. The minimum Gasteiger partial charge on any atom is -0.376 e. The molecule has 0 bridgehead atoms. The maximum absolute atomic E-state index is 5.69. The summed E-state index contributed by atoms with van der Waals surface area (Å²) in [4.78, 5) is 9.24. The zero-order chi connectivity index (χ0) is 13.7. The third-order valence-corrected chi connectivity index (χ3v) is 3.25. The monoisotopic (exact) mass is 265 g/mol. The first-order chi connectivity index (χ1) is 9.26. The molecule has 1 aromatic heterocycles. The molecule has 5 nitrogen and oxygen atoms in total. The van der Waals surface area contributed by atoms with Crippen LogP contribution in [-0.4, -0.2) is 36.3 Å². The highest BCUT2D eigenvalue weighted by Crippen LogP contribution is 2.23. The van der Waals surface area contributed by atoms with Crippen LogP contribution in [0, 0.1) is 6.92 Å². The van der Waals surface area contributed by atoms with Crippen LogP contribution in [0.25, 0.3) is 0 Å². The smallest absolute Gasteiger partial charge is 0.162 e. The Labute approximate surface area is 114 Å². The van der Waals surface area contributed by atoms with Crippen molar-refractivity contribution in [3.8, 4) is 0 Å². The van der Waals surface area contributed by atoms with E-state index in [1.807, 2.05) is 0 Å². The van der Waals surface area contributed by atoms with Crippen LogP contribution in [0.4, 0.5) is 5.82 Å². The molecule has 2 rings (SSSR count). The van der Waals surface area contributed by atoms with Gasteiger partial charge in [0, 0.05) is 17.8 Å². The number of nitrogens with one attached hydrogen (secondary N) is 1. The van der Waals surface area contributed by atoms with Crippen molar-refractivity contribution in [2.75, 3.05) is 31.7 Å². The van der Waals surface area contributed by atoms with Crippen molar-refractivity contribution in [3.05, 3.63) is 17.1 Å². The minimum atomic E-state index is -0.137. The van der Waals surface area contributed by atoms with Gasteiger partial charge in [-0.25, -0.2) is 9.97 Å². The summed E-state index contributed by atoms with van der Waals surface area (Å²) >= 11 is 0. The molecule has 1 aliphatic heterocycles. The predicted octanol–water partition coefficient (Wildman–Crippen LogP) is 2.26. The fourth-order valence-corrected chi connectivity index (χ4v) is 2.12. The Morgan fingerprint density at radius 3 is 2.74 bits per heavy atom. The molecule has 0 radical (unpaired) electrons. The summed E-state index contributed by atoms with van der Waals surface area (Å²) in [6, 6.07) is 0. The maximum atomic E-state index is 5.69. The first-order valence-electron chi connectivity index (χ1n) is 7.06. The molecule has 1 N–H and O–H groups in total. The third-order valence-electron chi connectivity index (χ3n) is 3.25. The third kappa shape index (κ3) is 3.42. The highest BCUT2D eigenvalue weighted by atomic mass is 16.6. The van der Waals surface area contributed by atoms with Gasteiger partial charge in [-0.15, -0.1) is 0 Å². The molecule has 0 aromatic carbocycles. The summed E-state index contributed by atoms with van der Waals surface area (Å²) in [5.41, 5.74) is 2.22. The van der Waals surface area contributed by atoms with Crippen molar-refractivity contribution in [2.45, 2.75) is 39.7 Å². The van der Waals surface area contributed by atoms with Gasteiger partial charge in [0.2, 0.25) is 0 Å². The van der Waals surface area contributed by atoms with Crippen LogP contribution in [0.5, 0.6) is 0 Å². The molecular weight excluding hydrogens is 242 g/mol. The minimum absolute atomic E-state index is 0.137. The SMILES string of the molecule is CCCNc1nc(C2COCCO2)nc(CC)c1C. The van der Waals surface area contributed by atoms with Gasteiger partial charge in [0.25, 0.3) is 0 Å². The standard InChI is InChI=1S/C14H23N3O2/c1-4-6-15-13-10(3)11(5-2)16-14(17-13)12-9-18-7-8-19-12/h12H,4-9H2,1-3H3,(H,15,16,17). The van der Waals surface area contributed by atoms with Crippen LogP contribution in [-0.2, 0) is 15.9 Å². The highest BCUT2D eigenvalue weighted by molar-refractivity contribution is 5.46. The molecule has 0 spiro atoms. The van der Waals surface area contributed by atoms with E-state index in [2.05, 4.69) is 36.1 Å². The molecule has 19 heavy (non-hydrogen) atoms. The Morgan fingerprint density at radius 2 is 2.11 bits per heavy atom. The van der Waals surface area contributed by atoms with Gasteiger partial charge in [-0.1, -0.05) is 13.8 Å². The Kier molecular flexibility index (Phi) is 5.10. The number of anilines is 1. The summed E-state index contributed by atoms with van der Waals surface area (Å²) < 4.78 is 11.1. The van der Waals surface area contributed by atoms with Crippen molar-refractivity contribution in [2.24, 2.45) is 0 Å². The first kappa shape index (κ1) is 14.2. The number of hydrogen-bond acceptors (Lipinski definition) is 5. The average molecular weight is 265 g/mol. The fraction of sp³-hybridized carbons (Fsp3) is 0.714. The number of ether oxygens (including phenoxy) is 2. The summed E-state index contributed by atoms with van der Waals surface area (Å²) in [7, 11) is 0. The van der Waals surface area contributed by atoms with Crippen LogP contribution in [0.1, 0.15) is 43.5 Å². The van der Waals surface area contributed by atoms with Gasteiger partial charge in [0.1, 0.15) is 11.9 Å². The molecule has 0 saturated carbocycles. The van der Waals surface area contributed by atoms with E-state index in [0.717, 1.165) is 42.3 Å². The maximum Gasteiger partial charge on any atom is 0.162 e. The number of rotatable bonds is 5. The lowest BCUT2D eigenvalue weighted by molar-refractivity contribution is -0.0935. The van der Waals surface area contributed by atoms with Crippen LogP contribution >= 0.6 is 0 Å². The van der Waals surface area contributed by atoms with E-state index in [1.165, 1.54) is 0 Å². The molecule has 0 aliphatic carbocycles. The molecule has 0 amide bonds. The van der Waals surface area contributed by atoms with Crippen molar-refractivity contribution in [1.29, 1.82) is 0 Å². The number of nitrogens with zero attached hydrogens (tertiary/aromatic N) is 2. The van der Waals surface area contributed by atoms with Gasteiger partial charge in [0.15, 0.2) is 5.82 Å². The van der Waals surface area contributed by atoms with Gasteiger partial charge < -0.3 is 14.8 Å². The Bertz CT molecular complexity index is 417. The second kappa shape index (κ2) is 6.82. The van der Waals surface area contributed by atoms with E-state index >= 15 is 0 Å². The van der Waals surface area contributed by atoms with Crippen molar-refractivity contribution in [3.63, 3.8) is 0 Å². The van der Waals surface area contributed by atoms with Crippen LogP contribution in [0.15, 0.2) is 0 Å². The molecule has 2 heterocycles. The van der Waals surface area contributed by atoms with Gasteiger partial charge in [-0.2, -0.15) is 0 Å². The van der Waals surface area contributed by atoms with Crippen molar-refractivity contribution >= 4 is 5.82 Å². The lowest BCUT2D eigenvalue weighted by Gasteiger charge is -2.23. The van der Waals surface area contributed by atoms with E-state index < -0.39 is 0 Å². The first-order valence-corrected chi connectivity index (χ1v) is 7.06. The lowest BCUT2D eigenvalue weighted by atomic mass is 10.1. The van der Waals surface area contributed by atoms with Crippen LogP contribution in [0.3, 0.4) is 0 Å². The summed E-state index contributed by atoms with van der Waals surface area (Å²) in [6.45, 7) is 9.05. The van der Waals surface area contributed by atoms with Crippen LogP contribution in [0.2, 0.25) is 0 Å². The molecule has 1 aromatic rings. The zero-order valence-corrected chi connectivity index (χ0v) is 12.0. The number of aromatic nitrogens is 2. The van der Waals surface area contributed by atoms with Crippen molar-refractivity contribution in [1.82, 2.24) is 9.97 Å². The van der Waals surface area contributed by atoms with E-state index in [4.69, 9.17) is 9.47 Å².